The molecule has 1 unspecified atom stereocenters. The van der Waals surface area contributed by atoms with Gasteiger partial charge in [-0.25, -0.2) is 0 Å². The summed E-state index contributed by atoms with van der Waals surface area (Å²) in [5.74, 6) is -0.469. The number of nitro benzene ring substituents is 1. The van der Waals surface area contributed by atoms with E-state index in [0.29, 0.717) is 10.9 Å². The Kier molecular flexibility index (Phi) is 4.18. The number of aromatic amines is 1. The summed E-state index contributed by atoms with van der Waals surface area (Å²) in [6.07, 6.45) is -0.659. The van der Waals surface area contributed by atoms with Gasteiger partial charge in [-0.2, -0.15) is 5.10 Å². The average molecular weight is 292 g/mol. The van der Waals surface area contributed by atoms with Crippen LogP contribution in [0.25, 0.3) is 10.9 Å². The molecule has 3 N–H and O–H groups in total. The molecule has 2 aromatic rings. The minimum absolute atomic E-state index is 0.0160. The number of hydrogen-bond donors (Lipinski definition) is 3. The van der Waals surface area contributed by atoms with Crippen LogP contribution in [0, 0.1) is 16.0 Å². The van der Waals surface area contributed by atoms with E-state index in [9.17, 15) is 20.0 Å². The number of aliphatic hydroxyl groups excluding tert-OH is 1. The van der Waals surface area contributed by atoms with Crippen LogP contribution in [-0.2, 0) is 0 Å². The molecule has 0 fully saturated rings. The maximum absolute atomic E-state index is 12.1. The fraction of sp³-hybridized carbons (Fsp3) is 0.385. The van der Waals surface area contributed by atoms with Crippen molar-refractivity contribution in [3.05, 3.63) is 34.0 Å². The number of carbonyl (C=O) groups excluding carboxylic acids is 1. The molecule has 0 aliphatic heterocycles. The number of fused-ring (bicyclic) bond motifs is 1. The van der Waals surface area contributed by atoms with Gasteiger partial charge in [-0.05, 0) is 12.0 Å². The van der Waals surface area contributed by atoms with Crippen LogP contribution in [0.4, 0.5) is 5.69 Å². The molecule has 0 bridgehead atoms. The smallest absolute Gasteiger partial charge is 0.272 e. The minimum atomic E-state index is -0.659. The van der Waals surface area contributed by atoms with Crippen LogP contribution in [0.5, 0.6) is 0 Å². The zero-order valence-corrected chi connectivity index (χ0v) is 11.7. The van der Waals surface area contributed by atoms with Crippen molar-refractivity contribution in [3.8, 4) is 0 Å². The van der Waals surface area contributed by atoms with E-state index in [2.05, 4.69) is 15.5 Å². The number of nitrogens with one attached hydrogen (secondary N) is 2. The first kappa shape index (κ1) is 14.9. The van der Waals surface area contributed by atoms with E-state index in [1.165, 1.54) is 18.2 Å². The lowest BCUT2D eigenvalue weighted by Crippen LogP contribution is -2.34. The number of nitro groups is 1. The Morgan fingerprint density at radius 2 is 2.24 bits per heavy atom. The Morgan fingerprint density at radius 1 is 1.52 bits per heavy atom. The van der Waals surface area contributed by atoms with Gasteiger partial charge in [0.1, 0.15) is 0 Å². The van der Waals surface area contributed by atoms with Gasteiger partial charge >= 0.3 is 0 Å². The molecule has 21 heavy (non-hydrogen) atoms. The Bertz CT molecular complexity index is 680. The van der Waals surface area contributed by atoms with Crippen molar-refractivity contribution in [1.82, 2.24) is 15.5 Å². The van der Waals surface area contributed by atoms with E-state index in [1.54, 1.807) is 0 Å². The normalized spacial score (nSPS) is 12.6. The molecule has 1 amide bonds. The maximum atomic E-state index is 12.1. The van der Waals surface area contributed by atoms with Gasteiger partial charge < -0.3 is 10.4 Å². The summed E-state index contributed by atoms with van der Waals surface area (Å²) < 4.78 is 0. The van der Waals surface area contributed by atoms with Gasteiger partial charge in [0.25, 0.3) is 11.6 Å². The van der Waals surface area contributed by atoms with Gasteiger partial charge in [-0.1, -0.05) is 13.8 Å². The predicted molar refractivity (Wildman–Crippen MR) is 75.9 cm³/mol. The predicted octanol–water partition coefficient (Wildman–Crippen LogP) is 1.22. The van der Waals surface area contributed by atoms with Gasteiger partial charge in [0.05, 0.1) is 16.5 Å². The van der Waals surface area contributed by atoms with E-state index in [4.69, 9.17) is 0 Å². The zero-order chi connectivity index (χ0) is 15.6. The van der Waals surface area contributed by atoms with Crippen LogP contribution in [0.1, 0.15) is 24.3 Å². The number of aliphatic hydroxyl groups is 1. The summed E-state index contributed by atoms with van der Waals surface area (Å²) in [6, 6.07) is 4.14. The molecule has 8 heteroatoms. The highest BCUT2D eigenvalue weighted by molar-refractivity contribution is 6.05. The Labute approximate surface area is 120 Å². The molecule has 0 aliphatic rings. The molecule has 1 aromatic carbocycles. The van der Waals surface area contributed by atoms with Gasteiger partial charge in [-0.15, -0.1) is 0 Å². The fourth-order valence-corrected chi connectivity index (χ4v) is 1.81. The van der Waals surface area contributed by atoms with Crippen molar-refractivity contribution in [1.29, 1.82) is 0 Å². The average Bonchev–Trinajstić information content (AvgIpc) is 2.86. The van der Waals surface area contributed by atoms with Crippen LogP contribution in [0.15, 0.2) is 18.2 Å². The Hall–Kier alpha value is -2.48. The number of carbonyl (C=O) groups is 1. The summed E-state index contributed by atoms with van der Waals surface area (Å²) in [4.78, 5) is 22.3. The molecule has 112 valence electrons. The van der Waals surface area contributed by atoms with Gasteiger partial charge in [0.15, 0.2) is 5.69 Å². The van der Waals surface area contributed by atoms with Crippen molar-refractivity contribution in [2.24, 2.45) is 5.92 Å². The molecule has 1 heterocycles. The van der Waals surface area contributed by atoms with Crippen LogP contribution in [0.2, 0.25) is 0 Å². The van der Waals surface area contributed by atoms with Crippen LogP contribution < -0.4 is 5.32 Å². The zero-order valence-electron chi connectivity index (χ0n) is 11.7. The molecular weight excluding hydrogens is 276 g/mol. The van der Waals surface area contributed by atoms with E-state index < -0.39 is 16.9 Å². The number of rotatable bonds is 5. The lowest BCUT2D eigenvalue weighted by molar-refractivity contribution is -0.384. The molecule has 0 aliphatic carbocycles. The highest BCUT2D eigenvalue weighted by Gasteiger charge is 2.18. The third-order valence-corrected chi connectivity index (χ3v) is 3.21. The van der Waals surface area contributed by atoms with E-state index in [-0.39, 0.29) is 23.8 Å². The van der Waals surface area contributed by atoms with Crippen LogP contribution in [-0.4, -0.2) is 38.8 Å². The molecule has 0 saturated heterocycles. The SMILES string of the molecule is CC(C)C(O)CNC(=O)c1n[nH]c2ccc([N+](=O)[O-])cc12. The highest BCUT2D eigenvalue weighted by atomic mass is 16.6. The van der Waals surface area contributed by atoms with Crippen molar-refractivity contribution < 1.29 is 14.8 Å². The second kappa shape index (κ2) is 5.88. The Morgan fingerprint density at radius 3 is 2.86 bits per heavy atom. The summed E-state index contributed by atoms with van der Waals surface area (Å²) in [6.45, 7) is 3.77. The minimum Gasteiger partial charge on any atom is -0.391 e. The lowest BCUT2D eigenvalue weighted by Gasteiger charge is -2.14. The van der Waals surface area contributed by atoms with E-state index >= 15 is 0 Å². The number of non-ortho nitro benzene ring substituents is 1. The van der Waals surface area contributed by atoms with Crippen molar-refractivity contribution >= 4 is 22.5 Å². The number of benzene rings is 1. The monoisotopic (exact) mass is 292 g/mol. The summed E-state index contributed by atoms with van der Waals surface area (Å²) >= 11 is 0. The first-order valence-corrected chi connectivity index (χ1v) is 6.49. The van der Waals surface area contributed by atoms with Crippen molar-refractivity contribution in [2.75, 3.05) is 6.54 Å². The number of hydrogen-bond acceptors (Lipinski definition) is 5. The van der Waals surface area contributed by atoms with Gasteiger partial charge in [0.2, 0.25) is 0 Å². The Balaban J connectivity index is 2.23. The molecule has 1 atom stereocenters. The largest absolute Gasteiger partial charge is 0.391 e. The molecule has 1 aromatic heterocycles. The van der Waals surface area contributed by atoms with Crippen LogP contribution >= 0.6 is 0 Å². The quantitative estimate of drug-likeness (QED) is 0.565. The van der Waals surface area contributed by atoms with E-state index in [1.807, 2.05) is 13.8 Å². The highest BCUT2D eigenvalue weighted by Crippen LogP contribution is 2.22. The summed E-state index contributed by atoms with van der Waals surface area (Å²) in [5, 5.41) is 29.9. The second-order valence-corrected chi connectivity index (χ2v) is 5.08. The summed E-state index contributed by atoms with van der Waals surface area (Å²) in [5.41, 5.74) is 0.500. The van der Waals surface area contributed by atoms with Crippen molar-refractivity contribution in [2.45, 2.75) is 20.0 Å². The van der Waals surface area contributed by atoms with E-state index in [0.717, 1.165) is 0 Å². The number of aromatic nitrogens is 2. The molecule has 2 rings (SSSR count). The number of H-pyrrole nitrogens is 1. The second-order valence-electron chi connectivity index (χ2n) is 5.08. The molecule has 0 spiro atoms. The first-order chi connectivity index (χ1) is 9.90. The molecule has 0 saturated carbocycles. The summed E-state index contributed by atoms with van der Waals surface area (Å²) in [7, 11) is 0. The number of amides is 1. The van der Waals surface area contributed by atoms with Gasteiger partial charge in [-0.3, -0.25) is 20.0 Å². The van der Waals surface area contributed by atoms with Gasteiger partial charge in [0, 0.05) is 24.1 Å². The first-order valence-electron chi connectivity index (χ1n) is 6.49. The molecule has 0 radical (unpaired) electrons. The van der Waals surface area contributed by atoms with Crippen molar-refractivity contribution in [3.63, 3.8) is 0 Å². The lowest BCUT2D eigenvalue weighted by atomic mass is 10.1. The van der Waals surface area contributed by atoms with Crippen LogP contribution in [0.3, 0.4) is 0 Å². The third kappa shape index (κ3) is 3.16. The topological polar surface area (TPSA) is 121 Å². The standard InChI is InChI=1S/C13H16N4O4/c1-7(2)11(18)6-14-13(19)12-9-5-8(17(20)21)3-4-10(9)15-16-12/h3-5,7,11,18H,6H2,1-2H3,(H,14,19)(H,15,16). The fourth-order valence-electron chi connectivity index (χ4n) is 1.81. The molecule has 8 nitrogen and oxygen atoms in total. The number of nitrogens with zero attached hydrogens (tertiary/aromatic N) is 2. The maximum Gasteiger partial charge on any atom is 0.272 e. The third-order valence-electron chi connectivity index (χ3n) is 3.21. The molecular formula is C13H16N4O4.